The van der Waals surface area contributed by atoms with Gasteiger partial charge in [-0.2, -0.15) is 0 Å². The maximum atomic E-state index is 12.6. The fourth-order valence-electron chi connectivity index (χ4n) is 4.71. The molecule has 0 spiro atoms. The number of fused-ring (bicyclic) bond motifs is 2. The lowest BCUT2D eigenvalue weighted by Gasteiger charge is -2.36. The molecule has 0 radical (unpaired) electrons. The van der Waals surface area contributed by atoms with E-state index in [-0.39, 0.29) is 0 Å². The Balaban J connectivity index is 1.29. The smallest absolute Gasteiger partial charge is 0.222 e. The third-order valence-corrected chi connectivity index (χ3v) is 5.93. The summed E-state index contributed by atoms with van der Waals surface area (Å²) in [6.07, 6.45) is 8.12. The van der Waals surface area contributed by atoms with E-state index in [4.69, 9.17) is 0 Å². The normalized spacial score (nSPS) is 30.8. The van der Waals surface area contributed by atoms with Crippen molar-refractivity contribution in [3.05, 3.63) is 24.4 Å². The molecule has 1 aromatic rings. The van der Waals surface area contributed by atoms with Gasteiger partial charge in [0, 0.05) is 38.8 Å². The van der Waals surface area contributed by atoms with Gasteiger partial charge in [-0.15, -0.1) is 0 Å². The number of piperazine rings is 1. The van der Waals surface area contributed by atoms with Crippen molar-refractivity contribution in [3.8, 4) is 0 Å². The zero-order valence-corrected chi connectivity index (χ0v) is 13.2. The van der Waals surface area contributed by atoms with Crippen molar-refractivity contribution >= 4 is 11.7 Å². The fraction of sp³-hybridized carbons (Fsp3) is 0.667. The van der Waals surface area contributed by atoms with Gasteiger partial charge < -0.3 is 9.80 Å². The number of nitrogens with zero attached hydrogens (tertiary/aromatic N) is 3. The Morgan fingerprint density at radius 1 is 1.14 bits per heavy atom. The largest absolute Gasteiger partial charge is 0.353 e. The lowest BCUT2D eigenvalue weighted by atomic mass is 9.86. The molecule has 4 nitrogen and oxygen atoms in total. The number of aromatic nitrogens is 1. The minimum Gasteiger partial charge on any atom is -0.353 e. The van der Waals surface area contributed by atoms with Gasteiger partial charge in [0.25, 0.3) is 0 Å². The van der Waals surface area contributed by atoms with E-state index in [1.54, 1.807) is 0 Å². The van der Waals surface area contributed by atoms with Crippen LogP contribution < -0.4 is 4.90 Å². The zero-order valence-electron chi connectivity index (χ0n) is 13.2. The van der Waals surface area contributed by atoms with Crippen molar-refractivity contribution in [1.29, 1.82) is 0 Å². The standard InChI is InChI=1S/C18H25N3O/c22-18(13-16-12-14-4-5-15(16)11-14)21-9-7-20(8-10-21)17-3-1-2-6-19-17/h1-3,6,14-16H,4-5,7-13H2/t14-,15+,16+/m0/s1. The SMILES string of the molecule is O=C(C[C@H]1C[C@H]2CC[C@@H]1C2)N1CCN(c2ccccn2)CC1. The second-order valence-corrected chi connectivity index (χ2v) is 7.19. The van der Waals surface area contributed by atoms with Crippen LogP contribution in [-0.4, -0.2) is 42.0 Å². The van der Waals surface area contributed by atoms with E-state index >= 15 is 0 Å². The summed E-state index contributed by atoms with van der Waals surface area (Å²) in [6, 6.07) is 6.01. The first-order chi connectivity index (χ1) is 10.8. The number of carbonyl (C=O) groups excluding carboxylic acids is 1. The van der Waals surface area contributed by atoms with E-state index < -0.39 is 0 Å². The van der Waals surface area contributed by atoms with Crippen LogP contribution >= 0.6 is 0 Å². The number of hydrogen-bond donors (Lipinski definition) is 0. The van der Waals surface area contributed by atoms with Crippen LogP contribution in [0.15, 0.2) is 24.4 Å². The van der Waals surface area contributed by atoms with Gasteiger partial charge in [-0.05, 0) is 49.1 Å². The number of amides is 1. The highest BCUT2D eigenvalue weighted by Gasteiger charge is 2.40. The topological polar surface area (TPSA) is 36.4 Å². The van der Waals surface area contributed by atoms with Gasteiger partial charge in [0.1, 0.15) is 5.82 Å². The molecule has 1 saturated heterocycles. The number of hydrogen-bond acceptors (Lipinski definition) is 3. The molecule has 2 heterocycles. The van der Waals surface area contributed by atoms with Gasteiger partial charge in [0.2, 0.25) is 5.91 Å². The van der Waals surface area contributed by atoms with Crippen molar-refractivity contribution in [2.75, 3.05) is 31.1 Å². The van der Waals surface area contributed by atoms with Crippen LogP contribution in [0.2, 0.25) is 0 Å². The molecule has 3 atom stereocenters. The molecule has 4 rings (SSSR count). The molecule has 2 saturated carbocycles. The molecule has 4 heteroatoms. The van der Waals surface area contributed by atoms with E-state index in [1.165, 1.54) is 25.7 Å². The lowest BCUT2D eigenvalue weighted by Crippen LogP contribution is -2.49. The van der Waals surface area contributed by atoms with Crippen molar-refractivity contribution in [1.82, 2.24) is 9.88 Å². The van der Waals surface area contributed by atoms with Crippen molar-refractivity contribution in [2.45, 2.75) is 32.1 Å². The Morgan fingerprint density at radius 3 is 2.64 bits per heavy atom. The third kappa shape index (κ3) is 2.71. The van der Waals surface area contributed by atoms with Crippen LogP contribution in [-0.2, 0) is 4.79 Å². The van der Waals surface area contributed by atoms with Crippen LogP contribution in [0.3, 0.4) is 0 Å². The summed E-state index contributed by atoms with van der Waals surface area (Å²) < 4.78 is 0. The molecule has 1 aromatic heterocycles. The second-order valence-electron chi connectivity index (χ2n) is 7.19. The van der Waals surface area contributed by atoms with Gasteiger partial charge in [0.15, 0.2) is 0 Å². The third-order valence-electron chi connectivity index (χ3n) is 5.93. The van der Waals surface area contributed by atoms with E-state index in [0.717, 1.165) is 50.3 Å². The molecule has 3 fully saturated rings. The Kier molecular flexibility index (Phi) is 3.77. The number of anilines is 1. The van der Waals surface area contributed by atoms with E-state index in [1.807, 2.05) is 24.4 Å². The molecule has 118 valence electrons. The first-order valence-corrected chi connectivity index (χ1v) is 8.73. The lowest BCUT2D eigenvalue weighted by molar-refractivity contribution is -0.132. The highest BCUT2D eigenvalue weighted by Crippen LogP contribution is 2.49. The molecule has 2 bridgehead atoms. The minimum absolute atomic E-state index is 0.387. The maximum absolute atomic E-state index is 12.6. The number of rotatable bonds is 3. The summed E-state index contributed by atoms with van der Waals surface area (Å²) in [5.41, 5.74) is 0. The van der Waals surface area contributed by atoms with E-state index in [9.17, 15) is 4.79 Å². The van der Waals surface area contributed by atoms with Gasteiger partial charge in [-0.3, -0.25) is 4.79 Å². The molecular weight excluding hydrogens is 274 g/mol. The zero-order chi connectivity index (χ0) is 14.9. The predicted molar refractivity (Wildman–Crippen MR) is 86.6 cm³/mol. The minimum atomic E-state index is 0.387. The molecule has 2 aliphatic carbocycles. The molecule has 0 aromatic carbocycles. The first kappa shape index (κ1) is 14.0. The molecular formula is C18H25N3O. The Hall–Kier alpha value is -1.58. The Bertz CT molecular complexity index is 524. The van der Waals surface area contributed by atoms with E-state index in [0.29, 0.717) is 11.8 Å². The molecule has 22 heavy (non-hydrogen) atoms. The van der Waals surface area contributed by atoms with Gasteiger partial charge >= 0.3 is 0 Å². The highest BCUT2D eigenvalue weighted by atomic mass is 16.2. The summed E-state index contributed by atoms with van der Waals surface area (Å²) in [5.74, 6) is 3.88. The molecule has 1 aliphatic heterocycles. The molecule has 1 amide bonds. The quantitative estimate of drug-likeness (QED) is 0.860. The fourth-order valence-corrected chi connectivity index (χ4v) is 4.71. The maximum Gasteiger partial charge on any atom is 0.222 e. The van der Waals surface area contributed by atoms with Crippen molar-refractivity contribution in [3.63, 3.8) is 0 Å². The highest BCUT2D eigenvalue weighted by molar-refractivity contribution is 5.77. The van der Waals surface area contributed by atoms with Crippen LogP contribution in [0.5, 0.6) is 0 Å². The predicted octanol–water partition coefficient (Wildman–Crippen LogP) is 2.56. The van der Waals surface area contributed by atoms with Crippen LogP contribution in [0, 0.1) is 17.8 Å². The summed E-state index contributed by atoms with van der Waals surface area (Å²) in [6.45, 7) is 3.49. The van der Waals surface area contributed by atoms with Gasteiger partial charge in [-0.1, -0.05) is 12.5 Å². The molecule has 3 aliphatic rings. The van der Waals surface area contributed by atoms with Crippen molar-refractivity contribution < 1.29 is 4.79 Å². The summed E-state index contributed by atoms with van der Waals surface area (Å²) in [5, 5.41) is 0. The van der Waals surface area contributed by atoms with Gasteiger partial charge in [0.05, 0.1) is 0 Å². The Labute approximate surface area is 132 Å². The summed E-state index contributed by atoms with van der Waals surface area (Å²) >= 11 is 0. The Morgan fingerprint density at radius 2 is 2.00 bits per heavy atom. The average molecular weight is 299 g/mol. The first-order valence-electron chi connectivity index (χ1n) is 8.73. The van der Waals surface area contributed by atoms with Crippen LogP contribution in [0.4, 0.5) is 5.82 Å². The number of carbonyl (C=O) groups is 1. The monoisotopic (exact) mass is 299 g/mol. The van der Waals surface area contributed by atoms with E-state index in [2.05, 4.69) is 14.8 Å². The number of pyridine rings is 1. The van der Waals surface area contributed by atoms with Crippen LogP contribution in [0.1, 0.15) is 32.1 Å². The van der Waals surface area contributed by atoms with Crippen LogP contribution in [0.25, 0.3) is 0 Å². The second kappa shape index (κ2) is 5.90. The van der Waals surface area contributed by atoms with Crippen molar-refractivity contribution in [2.24, 2.45) is 17.8 Å². The summed E-state index contributed by atoms with van der Waals surface area (Å²) in [7, 11) is 0. The van der Waals surface area contributed by atoms with Gasteiger partial charge in [-0.25, -0.2) is 4.98 Å². The molecule has 0 unspecified atom stereocenters. The summed E-state index contributed by atoms with van der Waals surface area (Å²) in [4.78, 5) is 21.3. The molecule has 0 N–H and O–H groups in total. The average Bonchev–Trinajstić information content (AvgIpc) is 3.19.